The highest BCUT2D eigenvalue weighted by atomic mass is 35.5. The Morgan fingerprint density at radius 1 is 1.21 bits per heavy atom. The topological polar surface area (TPSA) is 56.9 Å². The SMILES string of the molecule is COc1ccc(C(NCc2cnn(C)c2)c2nccn2C)cc1.Cl. The van der Waals surface area contributed by atoms with E-state index in [1.165, 1.54) is 0 Å². The summed E-state index contributed by atoms with van der Waals surface area (Å²) in [6.07, 6.45) is 7.65. The lowest BCUT2D eigenvalue weighted by molar-refractivity contribution is 0.414. The molecule has 0 fully saturated rings. The third-order valence-electron chi connectivity index (χ3n) is 3.83. The maximum Gasteiger partial charge on any atom is 0.130 e. The zero-order chi connectivity index (χ0) is 16.2. The molecule has 2 aromatic heterocycles. The van der Waals surface area contributed by atoms with Gasteiger partial charge in [-0.3, -0.25) is 10.00 Å². The average molecular weight is 348 g/mol. The van der Waals surface area contributed by atoms with Gasteiger partial charge in [-0.1, -0.05) is 12.1 Å². The Morgan fingerprint density at radius 2 is 1.96 bits per heavy atom. The maximum atomic E-state index is 5.24. The fraction of sp³-hybridized carbons (Fsp3) is 0.294. The average Bonchev–Trinajstić information content (AvgIpc) is 3.17. The smallest absolute Gasteiger partial charge is 0.130 e. The van der Waals surface area contributed by atoms with Crippen LogP contribution in [0.15, 0.2) is 49.1 Å². The molecule has 128 valence electrons. The fourth-order valence-electron chi connectivity index (χ4n) is 2.59. The fourth-order valence-corrected chi connectivity index (χ4v) is 2.59. The molecule has 7 heteroatoms. The molecule has 3 aromatic rings. The highest BCUT2D eigenvalue weighted by Gasteiger charge is 2.18. The molecule has 1 aromatic carbocycles. The number of hydrogen-bond acceptors (Lipinski definition) is 4. The van der Waals surface area contributed by atoms with Crippen molar-refractivity contribution in [3.63, 3.8) is 0 Å². The molecular weight excluding hydrogens is 326 g/mol. The van der Waals surface area contributed by atoms with Crippen LogP contribution in [0, 0.1) is 0 Å². The zero-order valence-corrected chi connectivity index (χ0v) is 14.8. The highest BCUT2D eigenvalue weighted by molar-refractivity contribution is 5.85. The van der Waals surface area contributed by atoms with Crippen LogP contribution in [0.25, 0.3) is 0 Å². The molecule has 1 atom stereocenters. The van der Waals surface area contributed by atoms with Crippen molar-refractivity contribution in [2.24, 2.45) is 14.1 Å². The molecule has 2 heterocycles. The second-order valence-corrected chi connectivity index (χ2v) is 5.51. The van der Waals surface area contributed by atoms with Crippen LogP contribution in [0.1, 0.15) is 23.0 Å². The van der Waals surface area contributed by atoms with Gasteiger partial charge in [0.15, 0.2) is 0 Å². The number of ether oxygens (including phenoxy) is 1. The Hall–Kier alpha value is -2.31. The Bertz CT molecular complexity index is 765. The van der Waals surface area contributed by atoms with Crippen LogP contribution in [0.5, 0.6) is 5.75 Å². The van der Waals surface area contributed by atoms with E-state index < -0.39 is 0 Å². The zero-order valence-electron chi connectivity index (χ0n) is 14.0. The molecule has 1 N–H and O–H groups in total. The third-order valence-corrected chi connectivity index (χ3v) is 3.83. The Morgan fingerprint density at radius 3 is 2.50 bits per heavy atom. The van der Waals surface area contributed by atoms with Gasteiger partial charge in [0.25, 0.3) is 0 Å². The molecule has 1 unspecified atom stereocenters. The first kappa shape index (κ1) is 18.0. The van der Waals surface area contributed by atoms with E-state index in [1.54, 1.807) is 11.8 Å². The van der Waals surface area contributed by atoms with Crippen LogP contribution in [0.3, 0.4) is 0 Å². The number of imidazole rings is 1. The first-order valence-electron chi connectivity index (χ1n) is 7.49. The van der Waals surface area contributed by atoms with Gasteiger partial charge in [-0.05, 0) is 17.7 Å². The monoisotopic (exact) mass is 347 g/mol. The summed E-state index contributed by atoms with van der Waals surface area (Å²) in [6.45, 7) is 0.720. The number of nitrogens with one attached hydrogen (secondary N) is 1. The van der Waals surface area contributed by atoms with Gasteiger partial charge >= 0.3 is 0 Å². The lowest BCUT2D eigenvalue weighted by Crippen LogP contribution is -2.24. The van der Waals surface area contributed by atoms with Gasteiger partial charge in [0, 0.05) is 44.8 Å². The van der Waals surface area contributed by atoms with Crippen molar-refractivity contribution in [1.82, 2.24) is 24.6 Å². The second-order valence-electron chi connectivity index (χ2n) is 5.51. The molecule has 0 saturated carbocycles. The van der Waals surface area contributed by atoms with E-state index in [-0.39, 0.29) is 18.4 Å². The van der Waals surface area contributed by atoms with E-state index in [0.29, 0.717) is 0 Å². The Labute approximate surface area is 147 Å². The van der Waals surface area contributed by atoms with E-state index in [0.717, 1.165) is 29.2 Å². The molecule has 24 heavy (non-hydrogen) atoms. The molecular formula is C17H22ClN5O. The predicted octanol–water partition coefficient (Wildman–Crippen LogP) is 2.46. The Balaban J connectivity index is 0.00000208. The second kappa shape index (κ2) is 7.99. The lowest BCUT2D eigenvalue weighted by atomic mass is 10.1. The minimum absolute atomic E-state index is 0. The van der Waals surface area contributed by atoms with E-state index in [2.05, 4.69) is 27.5 Å². The molecule has 6 nitrogen and oxygen atoms in total. The lowest BCUT2D eigenvalue weighted by Gasteiger charge is -2.19. The molecule has 0 aliphatic carbocycles. The Kier molecular flexibility index (Phi) is 6.00. The van der Waals surface area contributed by atoms with Crippen molar-refractivity contribution in [2.45, 2.75) is 12.6 Å². The standard InChI is InChI=1S/C17H21N5O.ClH/c1-21-9-8-18-17(21)16(14-4-6-15(23-3)7-5-14)19-10-13-11-20-22(2)12-13;/h4-9,11-12,16,19H,10H2,1-3H3;1H. The number of aryl methyl sites for hydroxylation is 2. The number of rotatable bonds is 6. The van der Waals surface area contributed by atoms with Crippen molar-refractivity contribution in [3.05, 3.63) is 66.0 Å². The van der Waals surface area contributed by atoms with Crippen LogP contribution in [0.4, 0.5) is 0 Å². The van der Waals surface area contributed by atoms with Gasteiger partial charge in [0.2, 0.25) is 0 Å². The van der Waals surface area contributed by atoms with Crippen molar-refractivity contribution in [3.8, 4) is 5.75 Å². The summed E-state index contributed by atoms with van der Waals surface area (Å²) < 4.78 is 9.08. The van der Waals surface area contributed by atoms with E-state index in [9.17, 15) is 0 Å². The van der Waals surface area contributed by atoms with Crippen LogP contribution in [-0.2, 0) is 20.6 Å². The summed E-state index contributed by atoms with van der Waals surface area (Å²) >= 11 is 0. The predicted molar refractivity (Wildman–Crippen MR) is 95.3 cm³/mol. The molecule has 0 amide bonds. The van der Waals surface area contributed by atoms with E-state index >= 15 is 0 Å². The number of benzene rings is 1. The quantitative estimate of drug-likeness (QED) is 0.744. The molecule has 0 spiro atoms. The van der Waals surface area contributed by atoms with Gasteiger partial charge in [0.1, 0.15) is 11.6 Å². The van der Waals surface area contributed by atoms with Crippen molar-refractivity contribution in [2.75, 3.05) is 7.11 Å². The van der Waals surface area contributed by atoms with Gasteiger partial charge < -0.3 is 9.30 Å². The van der Waals surface area contributed by atoms with E-state index in [1.807, 2.05) is 55.6 Å². The van der Waals surface area contributed by atoms with Gasteiger partial charge in [-0.25, -0.2) is 4.98 Å². The molecule has 0 aliphatic rings. The largest absolute Gasteiger partial charge is 0.497 e. The van der Waals surface area contributed by atoms with Gasteiger partial charge in [0.05, 0.1) is 19.3 Å². The van der Waals surface area contributed by atoms with Crippen LogP contribution in [0.2, 0.25) is 0 Å². The summed E-state index contributed by atoms with van der Waals surface area (Å²) in [4.78, 5) is 4.50. The molecule has 3 rings (SSSR count). The van der Waals surface area contributed by atoms with Crippen molar-refractivity contribution in [1.29, 1.82) is 0 Å². The van der Waals surface area contributed by atoms with Gasteiger partial charge in [-0.2, -0.15) is 5.10 Å². The third kappa shape index (κ3) is 3.96. The number of hydrogen-bond donors (Lipinski definition) is 1. The minimum Gasteiger partial charge on any atom is -0.497 e. The maximum absolute atomic E-state index is 5.24. The number of nitrogens with zero attached hydrogens (tertiary/aromatic N) is 4. The summed E-state index contributed by atoms with van der Waals surface area (Å²) in [5.74, 6) is 1.82. The van der Waals surface area contributed by atoms with Crippen LogP contribution in [-0.4, -0.2) is 26.4 Å². The summed E-state index contributed by atoms with van der Waals surface area (Å²) in [5.41, 5.74) is 2.28. The number of aromatic nitrogens is 4. The highest BCUT2D eigenvalue weighted by Crippen LogP contribution is 2.23. The van der Waals surface area contributed by atoms with Crippen molar-refractivity contribution >= 4 is 12.4 Å². The molecule has 0 radical (unpaired) electrons. The molecule has 0 aliphatic heterocycles. The van der Waals surface area contributed by atoms with E-state index in [4.69, 9.17) is 4.74 Å². The normalized spacial score (nSPS) is 11.8. The summed E-state index contributed by atoms with van der Waals surface area (Å²) in [5, 5.41) is 7.78. The van der Waals surface area contributed by atoms with Crippen molar-refractivity contribution < 1.29 is 4.74 Å². The molecule has 0 bridgehead atoms. The van der Waals surface area contributed by atoms with Gasteiger partial charge in [-0.15, -0.1) is 12.4 Å². The summed E-state index contributed by atoms with van der Waals surface area (Å²) in [6, 6.07) is 8.07. The number of methoxy groups -OCH3 is 1. The van der Waals surface area contributed by atoms with Crippen LogP contribution >= 0.6 is 12.4 Å². The van der Waals surface area contributed by atoms with Crippen LogP contribution < -0.4 is 10.1 Å². The first-order valence-corrected chi connectivity index (χ1v) is 7.49. The molecule has 0 saturated heterocycles. The minimum atomic E-state index is 0. The summed E-state index contributed by atoms with van der Waals surface area (Å²) in [7, 11) is 5.60. The number of halogens is 1. The first-order chi connectivity index (χ1) is 11.2.